The molecule has 1 saturated carbocycles. The molecule has 1 heterocycles. The Morgan fingerprint density at radius 3 is 2.28 bits per heavy atom. The third-order valence-electron chi connectivity index (χ3n) is 7.09. The van der Waals surface area contributed by atoms with E-state index < -0.39 is 6.11 Å². The van der Waals surface area contributed by atoms with Crippen LogP contribution in [0.1, 0.15) is 73.6 Å². The molecule has 0 amide bonds. The van der Waals surface area contributed by atoms with E-state index in [-0.39, 0.29) is 17.3 Å². The third-order valence-corrected chi connectivity index (χ3v) is 7.09. The number of rotatable bonds is 11. The van der Waals surface area contributed by atoms with Gasteiger partial charge in [0.15, 0.2) is 0 Å². The van der Waals surface area contributed by atoms with Gasteiger partial charge in [0.05, 0.1) is 6.10 Å². The van der Waals surface area contributed by atoms with E-state index in [0.717, 1.165) is 63.5 Å². The fourth-order valence-corrected chi connectivity index (χ4v) is 5.28. The predicted octanol–water partition coefficient (Wildman–Crippen LogP) is 7.81. The Morgan fingerprint density at radius 2 is 1.81 bits per heavy atom. The Balaban J connectivity index is 2.04. The monoisotopic (exact) mass is 500 g/mol. The molecule has 1 aromatic rings. The number of alkyl halides is 2. The molecule has 0 bridgehead atoms. The van der Waals surface area contributed by atoms with Crippen LogP contribution in [-0.2, 0) is 0 Å². The summed E-state index contributed by atoms with van der Waals surface area (Å²) < 4.78 is 31.3. The first kappa shape index (κ1) is 28.0. The normalized spacial score (nSPS) is 19.6. The van der Waals surface area contributed by atoms with Gasteiger partial charge in [-0.3, -0.25) is 0 Å². The topological polar surface area (TPSA) is 44.7 Å². The molecule has 1 aliphatic heterocycles. The van der Waals surface area contributed by atoms with Crippen molar-refractivity contribution in [1.82, 2.24) is 4.90 Å². The van der Waals surface area contributed by atoms with Crippen LogP contribution in [0.5, 0.6) is 5.75 Å². The first-order valence-electron chi connectivity index (χ1n) is 13.2. The molecule has 1 aromatic carbocycles. The van der Waals surface area contributed by atoms with Gasteiger partial charge in [0.2, 0.25) is 0 Å². The summed E-state index contributed by atoms with van der Waals surface area (Å²) in [6.45, 7) is 13.3. The van der Waals surface area contributed by atoms with E-state index in [0.29, 0.717) is 0 Å². The van der Waals surface area contributed by atoms with Crippen molar-refractivity contribution in [3.63, 3.8) is 0 Å². The second-order valence-electron chi connectivity index (χ2n) is 10.2. The van der Waals surface area contributed by atoms with Gasteiger partial charge in [0, 0.05) is 48.1 Å². The lowest BCUT2D eigenvalue weighted by Crippen LogP contribution is -2.63. The molecular formula is C30H42F2N2O2. The fraction of sp³-hybridized carbons (Fsp3) is 0.533. The molecule has 2 fully saturated rings. The van der Waals surface area contributed by atoms with Crippen LogP contribution in [-0.4, -0.2) is 35.3 Å². The van der Waals surface area contributed by atoms with Crippen LogP contribution in [0.15, 0.2) is 70.6 Å². The molecule has 0 unspecified atom stereocenters. The van der Waals surface area contributed by atoms with E-state index in [9.17, 15) is 13.9 Å². The van der Waals surface area contributed by atoms with Crippen molar-refractivity contribution in [1.29, 1.82) is 0 Å². The average molecular weight is 501 g/mol. The van der Waals surface area contributed by atoms with E-state index in [2.05, 4.69) is 56.1 Å². The number of anilines is 1. The number of halogens is 2. The van der Waals surface area contributed by atoms with Crippen molar-refractivity contribution in [2.24, 2.45) is 5.41 Å². The Bertz CT molecular complexity index is 1020. The Morgan fingerprint density at radius 1 is 1.17 bits per heavy atom. The zero-order valence-corrected chi connectivity index (χ0v) is 22.6. The quantitative estimate of drug-likeness (QED) is 0.304. The number of allylic oxidation sites excluding steroid dienone is 5. The molecule has 6 heteroatoms. The highest BCUT2D eigenvalue weighted by Crippen LogP contribution is 2.50. The number of hydrogen-bond acceptors (Lipinski definition) is 4. The molecule has 36 heavy (non-hydrogen) atoms. The number of benzene rings is 1. The minimum atomic E-state index is -3.22. The zero-order valence-electron chi connectivity index (χ0n) is 22.6. The van der Waals surface area contributed by atoms with E-state index >= 15 is 0 Å². The highest BCUT2D eigenvalue weighted by molar-refractivity contribution is 5.63. The molecule has 1 spiro atoms. The lowest BCUT2D eigenvalue weighted by Gasteiger charge is -2.59. The van der Waals surface area contributed by atoms with Gasteiger partial charge < -0.3 is 20.1 Å². The Kier molecular flexibility index (Phi) is 9.04. The molecule has 4 nitrogen and oxygen atoms in total. The number of hydrogen-bond donors (Lipinski definition) is 2. The maximum Gasteiger partial charge on any atom is 0.394 e. The Labute approximate surface area is 215 Å². The van der Waals surface area contributed by atoms with Gasteiger partial charge in [0.1, 0.15) is 5.75 Å². The summed E-state index contributed by atoms with van der Waals surface area (Å²) in [6, 6.07) is 6.69. The maximum absolute atomic E-state index is 13.3. The SMILES string of the molecule is C\C=C/C(=C(C(Nc1ccc(OC(C)(F)F)cc1)=C(C)CC)/C(=C/CC)CC)N1CC2(CC(O)C2)C1. The van der Waals surface area contributed by atoms with E-state index in [1.165, 1.54) is 22.4 Å². The van der Waals surface area contributed by atoms with Crippen LogP contribution in [0.25, 0.3) is 0 Å². The first-order chi connectivity index (χ1) is 17.0. The molecular weight excluding hydrogens is 458 g/mol. The van der Waals surface area contributed by atoms with Crippen LogP contribution in [0, 0.1) is 5.41 Å². The van der Waals surface area contributed by atoms with Gasteiger partial charge in [-0.2, -0.15) is 8.78 Å². The van der Waals surface area contributed by atoms with Crippen LogP contribution in [0.2, 0.25) is 0 Å². The van der Waals surface area contributed by atoms with E-state index in [1.807, 2.05) is 6.92 Å². The third kappa shape index (κ3) is 6.58. The molecule has 2 aliphatic rings. The lowest BCUT2D eigenvalue weighted by atomic mass is 9.61. The summed E-state index contributed by atoms with van der Waals surface area (Å²) in [6.07, 6.45) is 7.66. The minimum Gasteiger partial charge on any atom is -0.433 e. The molecule has 1 aliphatic carbocycles. The molecule has 0 aromatic heterocycles. The zero-order chi connectivity index (χ0) is 26.5. The second-order valence-corrected chi connectivity index (χ2v) is 10.2. The second kappa shape index (κ2) is 11.6. The lowest BCUT2D eigenvalue weighted by molar-refractivity contribution is -0.158. The largest absolute Gasteiger partial charge is 0.433 e. The van der Waals surface area contributed by atoms with Crippen LogP contribution >= 0.6 is 0 Å². The average Bonchev–Trinajstić information content (AvgIpc) is 2.78. The maximum atomic E-state index is 13.3. The van der Waals surface area contributed by atoms with Crippen molar-refractivity contribution >= 4 is 5.69 Å². The predicted molar refractivity (Wildman–Crippen MR) is 144 cm³/mol. The van der Waals surface area contributed by atoms with Crippen LogP contribution < -0.4 is 10.1 Å². The molecule has 0 radical (unpaired) electrons. The van der Waals surface area contributed by atoms with Crippen LogP contribution in [0.4, 0.5) is 14.5 Å². The van der Waals surface area contributed by atoms with Gasteiger partial charge in [0.25, 0.3) is 0 Å². The smallest absolute Gasteiger partial charge is 0.394 e. The highest BCUT2D eigenvalue weighted by Gasteiger charge is 2.52. The molecule has 2 N–H and O–H groups in total. The van der Waals surface area contributed by atoms with Gasteiger partial charge >= 0.3 is 6.11 Å². The van der Waals surface area contributed by atoms with Crippen molar-refractivity contribution in [2.75, 3.05) is 18.4 Å². The van der Waals surface area contributed by atoms with Gasteiger partial charge in [-0.1, -0.05) is 32.9 Å². The fourth-order valence-electron chi connectivity index (χ4n) is 5.28. The number of nitrogens with one attached hydrogen (secondary N) is 1. The summed E-state index contributed by atoms with van der Waals surface area (Å²) in [5.41, 5.74) is 6.98. The van der Waals surface area contributed by atoms with Crippen molar-refractivity contribution in [3.05, 3.63) is 70.6 Å². The summed E-state index contributed by atoms with van der Waals surface area (Å²) in [4.78, 5) is 2.44. The van der Waals surface area contributed by atoms with E-state index in [4.69, 9.17) is 4.74 Å². The number of aliphatic hydroxyl groups is 1. The number of ether oxygens (including phenoxy) is 1. The summed E-state index contributed by atoms with van der Waals surface area (Å²) in [5.74, 6) is 0.129. The standard InChI is InChI=1S/C30H42F2N2O2/c1-7-11-22(10-4)27(26(12-8-2)34-19-30(20-34)17-24(35)18-30)28(21(5)9-3)33-23-13-15-25(16-14-23)36-29(6,31)32/h8,11-16,24,33,35H,7,9-10,17-20H2,1-6H3/b12-8-,22-11+,27-26+,28-21?. The Hall–Kier alpha value is -2.60. The summed E-state index contributed by atoms with van der Waals surface area (Å²) in [7, 11) is 0. The van der Waals surface area contributed by atoms with Gasteiger partial charge in [-0.05, 0) is 87.4 Å². The van der Waals surface area contributed by atoms with Crippen molar-refractivity contribution in [3.8, 4) is 5.75 Å². The van der Waals surface area contributed by atoms with Crippen molar-refractivity contribution < 1.29 is 18.6 Å². The molecule has 3 rings (SSSR count). The first-order valence-corrected chi connectivity index (χ1v) is 13.2. The van der Waals surface area contributed by atoms with Gasteiger partial charge in [-0.15, -0.1) is 0 Å². The highest BCUT2D eigenvalue weighted by atomic mass is 19.3. The minimum absolute atomic E-state index is 0.129. The molecule has 198 valence electrons. The molecule has 1 saturated heterocycles. The number of likely N-dealkylation sites (tertiary alicyclic amines) is 1. The number of aliphatic hydroxyl groups excluding tert-OH is 1. The number of nitrogens with zero attached hydrogens (tertiary/aromatic N) is 1. The summed E-state index contributed by atoms with van der Waals surface area (Å²) >= 11 is 0. The summed E-state index contributed by atoms with van der Waals surface area (Å²) in [5, 5.41) is 13.5. The van der Waals surface area contributed by atoms with Crippen molar-refractivity contribution in [2.45, 2.75) is 85.9 Å². The van der Waals surface area contributed by atoms with Crippen LogP contribution in [0.3, 0.4) is 0 Å². The van der Waals surface area contributed by atoms with Gasteiger partial charge in [-0.25, -0.2) is 0 Å². The van der Waals surface area contributed by atoms with E-state index in [1.54, 1.807) is 24.3 Å². The molecule has 0 atom stereocenters.